The van der Waals surface area contributed by atoms with Crippen LogP contribution in [0, 0.1) is 96.9 Å². The summed E-state index contributed by atoms with van der Waals surface area (Å²) in [7, 11) is 0. The van der Waals surface area contributed by atoms with Gasteiger partial charge in [-0.25, -0.2) is 34.9 Å². The summed E-state index contributed by atoms with van der Waals surface area (Å²) in [5, 5.41) is 8.03. The molecule has 0 bridgehead atoms. The third kappa shape index (κ3) is 14.7. The molecule has 14 rings (SSSR count). The van der Waals surface area contributed by atoms with Crippen LogP contribution in [0.2, 0.25) is 0 Å². The second-order valence-electron chi connectivity index (χ2n) is 18.6. The molecule has 7 aromatic carbocycles. The van der Waals surface area contributed by atoms with Gasteiger partial charge < -0.3 is 0 Å². The van der Waals surface area contributed by atoms with E-state index in [1.54, 1.807) is 79.4 Å². The molecule has 0 aliphatic carbocycles. The number of nitrogens with zero attached hydrogens (tertiary/aromatic N) is 7. The van der Waals surface area contributed by atoms with Crippen molar-refractivity contribution >= 4 is 151 Å². The van der Waals surface area contributed by atoms with Crippen LogP contribution in [0.15, 0.2) is 127 Å². The number of rotatable bonds is 0. The molecule has 0 aliphatic rings. The topological polar surface area (TPSA) is 90.2 Å². The molecule has 392 valence electrons. The quantitative estimate of drug-likeness (QED) is 0.149. The van der Waals surface area contributed by atoms with Crippen molar-refractivity contribution in [1.29, 1.82) is 0 Å². The Labute approximate surface area is 480 Å². The Bertz CT molecular complexity index is 3490. The number of aromatic nitrogens is 7. The number of hydrogen-bond donors (Lipinski definition) is 0. The molecule has 7 heterocycles. The third-order valence-electron chi connectivity index (χ3n) is 12.1. The van der Waals surface area contributed by atoms with Crippen molar-refractivity contribution in [3.05, 3.63) is 201 Å². The predicted octanol–water partition coefficient (Wildman–Crippen LogP) is 20.4. The molecule has 0 saturated carbocycles. The van der Waals surface area contributed by atoms with E-state index in [4.69, 9.17) is 0 Å². The first kappa shape index (κ1) is 57.0. The molecule has 0 saturated heterocycles. The highest BCUT2D eigenvalue weighted by atomic mass is 32.1. The molecule has 0 N–H and O–H groups in total. The van der Waals surface area contributed by atoms with Crippen LogP contribution < -0.4 is 0 Å². The summed E-state index contributed by atoms with van der Waals surface area (Å²) in [6.07, 6.45) is 0. The second-order valence-corrected chi connectivity index (χ2v) is 27.2. The van der Waals surface area contributed by atoms with Crippen LogP contribution >= 0.6 is 79.4 Å². The molecule has 77 heavy (non-hydrogen) atoms. The van der Waals surface area contributed by atoms with Gasteiger partial charge in [-0.15, -0.1) is 79.4 Å². The van der Waals surface area contributed by atoms with Crippen LogP contribution in [0.3, 0.4) is 0 Å². The summed E-state index contributed by atoms with van der Waals surface area (Å²) in [5.41, 5.74) is 17.0. The minimum atomic E-state index is 1.15. The van der Waals surface area contributed by atoms with Gasteiger partial charge in [0.15, 0.2) is 0 Å². The molecule has 0 spiro atoms. The zero-order valence-electron chi connectivity index (χ0n) is 46.1. The zero-order chi connectivity index (χ0) is 54.9. The molecule has 0 atom stereocenters. The maximum atomic E-state index is 4.43. The van der Waals surface area contributed by atoms with Crippen molar-refractivity contribution in [3.8, 4) is 0 Å². The highest BCUT2D eigenvalue weighted by Gasteiger charge is 2.06. The summed E-state index contributed by atoms with van der Waals surface area (Å²) in [6, 6.07) is 44.1. The smallest absolute Gasteiger partial charge is 0.0907 e. The van der Waals surface area contributed by atoms with Crippen molar-refractivity contribution in [2.24, 2.45) is 0 Å². The van der Waals surface area contributed by atoms with E-state index < -0.39 is 0 Å². The fourth-order valence-electron chi connectivity index (χ4n) is 8.38. The largest absolute Gasteiger partial charge is 0.241 e. The van der Waals surface area contributed by atoms with Gasteiger partial charge in [0.05, 0.1) is 107 Å². The fraction of sp³-hybridized carbons (Fsp3) is 0.222. The molecule has 0 aliphatic heterocycles. The number of aryl methyl sites for hydroxylation is 14. The molecule has 0 fully saturated rings. The standard InChI is InChI=1S/7C9H9NS/c7*1-6-4-3-5-8-9(6)10-7(2)11-8/h7*3-5H,1-2H3. The fourth-order valence-corrected chi connectivity index (χ4v) is 14.7. The number of fused-ring (bicyclic) bond motifs is 7. The van der Waals surface area contributed by atoms with Gasteiger partial charge in [0, 0.05) is 0 Å². The lowest BCUT2D eigenvalue weighted by atomic mass is 10.2. The average molecular weight is 1140 g/mol. The van der Waals surface area contributed by atoms with Gasteiger partial charge >= 0.3 is 0 Å². The van der Waals surface area contributed by atoms with Crippen molar-refractivity contribution in [2.45, 2.75) is 96.9 Å². The number of hydrogen-bond acceptors (Lipinski definition) is 14. The molecule has 0 unspecified atom stereocenters. The molecule has 0 radical (unpaired) electrons. The van der Waals surface area contributed by atoms with E-state index in [9.17, 15) is 0 Å². The van der Waals surface area contributed by atoms with E-state index in [1.165, 1.54) is 71.8 Å². The summed E-state index contributed by atoms with van der Waals surface area (Å²) in [6.45, 7) is 29.0. The summed E-state index contributed by atoms with van der Waals surface area (Å²) in [4.78, 5) is 31.0. The molecule has 0 amide bonds. The highest BCUT2D eigenvalue weighted by molar-refractivity contribution is 7.20. The van der Waals surface area contributed by atoms with E-state index in [-0.39, 0.29) is 0 Å². The van der Waals surface area contributed by atoms with Gasteiger partial charge in [-0.05, 0) is 178 Å². The van der Waals surface area contributed by atoms with Crippen molar-refractivity contribution in [3.63, 3.8) is 0 Å². The Kier molecular flexibility index (Phi) is 19.2. The van der Waals surface area contributed by atoms with Gasteiger partial charge in [-0.1, -0.05) is 84.9 Å². The third-order valence-corrected chi connectivity index (χ3v) is 18.6. The van der Waals surface area contributed by atoms with Gasteiger partial charge in [-0.2, -0.15) is 0 Å². The predicted molar refractivity (Wildman–Crippen MR) is 344 cm³/mol. The first-order valence-corrected chi connectivity index (χ1v) is 30.9. The van der Waals surface area contributed by atoms with E-state index in [1.807, 2.05) is 48.5 Å². The van der Waals surface area contributed by atoms with E-state index in [2.05, 4.69) is 211 Å². The summed E-state index contributed by atoms with van der Waals surface area (Å²) in [5.74, 6) is 0. The lowest BCUT2D eigenvalue weighted by molar-refractivity contribution is 1.32. The lowest BCUT2D eigenvalue weighted by Crippen LogP contribution is -1.74. The van der Waals surface area contributed by atoms with Crippen LogP contribution in [0.1, 0.15) is 74.0 Å². The Morgan fingerprint density at radius 2 is 0.299 bits per heavy atom. The molecule has 14 aromatic rings. The Balaban J connectivity index is 0.000000119. The first-order valence-electron chi connectivity index (χ1n) is 25.2. The van der Waals surface area contributed by atoms with Gasteiger partial charge in [0.2, 0.25) is 0 Å². The van der Waals surface area contributed by atoms with Crippen molar-refractivity contribution in [1.82, 2.24) is 34.9 Å². The van der Waals surface area contributed by atoms with E-state index in [0.29, 0.717) is 0 Å². The maximum absolute atomic E-state index is 4.43. The van der Waals surface area contributed by atoms with Crippen molar-refractivity contribution in [2.75, 3.05) is 0 Å². The first-order chi connectivity index (χ1) is 36.9. The summed E-state index contributed by atoms with van der Waals surface area (Å²) >= 11 is 12.3. The molecule has 7 nitrogen and oxygen atoms in total. The van der Waals surface area contributed by atoms with Crippen LogP contribution in [0.4, 0.5) is 0 Å². The highest BCUT2D eigenvalue weighted by Crippen LogP contribution is 2.29. The monoisotopic (exact) mass is 1140 g/mol. The van der Waals surface area contributed by atoms with Crippen LogP contribution in [-0.4, -0.2) is 34.9 Å². The minimum Gasteiger partial charge on any atom is -0.241 e. The van der Waals surface area contributed by atoms with Crippen LogP contribution in [0.5, 0.6) is 0 Å². The minimum absolute atomic E-state index is 1.15. The van der Waals surface area contributed by atoms with Crippen LogP contribution in [-0.2, 0) is 0 Å². The number of para-hydroxylation sites is 7. The van der Waals surface area contributed by atoms with Gasteiger partial charge in [0.25, 0.3) is 0 Å². The summed E-state index contributed by atoms with van der Waals surface area (Å²) < 4.78 is 9.06. The van der Waals surface area contributed by atoms with E-state index >= 15 is 0 Å². The van der Waals surface area contributed by atoms with Gasteiger partial charge in [0.1, 0.15) is 0 Å². The van der Waals surface area contributed by atoms with Crippen molar-refractivity contribution < 1.29 is 0 Å². The normalized spacial score (nSPS) is 10.7. The lowest BCUT2D eigenvalue weighted by Gasteiger charge is -1.90. The zero-order valence-corrected chi connectivity index (χ0v) is 51.8. The SMILES string of the molecule is Cc1nc2c(C)cccc2s1.Cc1nc2c(C)cccc2s1.Cc1nc2c(C)cccc2s1.Cc1nc2c(C)cccc2s1.Cc1nc2c(C)cccc2s1.Cc1nc2c(C)cccc2s1.Cc1nc2c(C)cccc2s1. The molecular weight excluding hydrogens is 1080 g/mol. The van der Waals surface area contributed by atoms with E-state index in [0.717, 1.165) is 73.7 Å². The van der Waals surface area contributed by atoms with Crippen LogP contribution in [0.25, 0.3) is 71.5 Å². The number of benzene rings is 7. The Morgan fingerprint density at radius 3 is 0.403 bits per heavy atom. The second kappa shape index (κ2) is 25.9. The number of thiazole rings is 7. The Morgan fingerprint density at radius 1 is 0.182 bits per heavy atom. The molecular formula is C63H63N7S7. The average Bonchev–Trinajstić information content (AvgIpc) is 4.28. The van der Waals surface area contributed by atoms with Gasteiger partial charge in [-0.3, -0.25) is 0 Å². The molecule has 14 heteroatoms. The molecule has 7 aromatic heterocycles. The Hall–Kier alpha value is -6.23. The maximum Gasteiger partial charge on any atom is 0.0907 e.